The highest BCUT2D eigenvalue weighted by Crippen LogP contribution is 2.39. The summed E-state index contributed by atoms with van der Waals surface area (Å²) in [6.07, 6.45) is 0. The molecule has 0 aliphatic heterocycles. The highest BCUT2D eigenvalue weighted by molar-refractivity contribution is 7.26. The van der Waals surface area contributed by atoms with E-state index in [-0.39, 0.29) is 0 Å². The first-order valence-corrected chi connectivity index (χ1v) is 8.61. The van der Waals surface area contributed by atoms with Crippen LogP contribution in [0.5, 0.6) is 0 Å². The summed E-state index contributed by atoms with van der Waals surface area (Å²) < 4.78 is 2.72. The van der Waals surface area contributed by atoms with Gasteiger partial charge >= 0.3 is 0 Å². The van der Waals surface area contributed by atoms with Crippen molar-refractivity contribution < 1.29 is 0 Å². The van der Waals surface area contributed by atoms with Crippen LogP contribution in [0.25, 0.3) is 42.1 Å². The molecule has 0 amide bonds. The largest absolute Gasteiger partial charge is 0.135 e. The van der Waals surface area contributed by atoms with Crippen LogP contribution in [0.4, 0.5) is 0 Å². The molecule has 1 aromatic heterocycles. The fraction of sp³-hybridized carbons (Fsp3) is 0. The van der Waals surface area contributed by atoms with Crippen LogP contribution >= 0.6 is 11.3 Å². The highest BCUT2D eigenvalue weighted by atomic mass is 32.1. The summed E-state index contributed by atoms with van der Waals surface area (Å²) in [5, 5.41) is 5.42. The molecule has 0 N–H and O–H groups in total. The Bertz CT molecular complexity index is 1150. The van der Waals surface area contributed by atoms with E-state index in [9.17, 15) is 0 Å². The zero-order valence-electron chi connectivity index (χ0n) is 12.5. The highest BCUT2D eigenvalue weighted by Gasteiger charge is 2.09. The van der Waals surface area contributed by atoms with Gasteiger partial charge in [-0.25, -0.2) is 0 Å². The van der Waals surface area contributed by atoms with Crippen molar-refractivity contribution in [2.24, 2.45) is 0 Å². The van der Waals surface area contributed by atoms with Gasteiger partial charge in [-0.3, -0.25) is 0 Å². The van der Waals surface area contributed by atoms with Crippen molar-refractivity contribution in [2.75, 3.05) is 0 Å². The zero-order chi connectivity index (χ0) is 15.2. The van der Waals surface area contributed by atoms with Gasteiger partial charge in [0.2, 0.25) is 0 Å². The third kappa shape index (κ3) is 1.97. The number of hydrogen-bond acceptors (Lipinski definition) is 1. The smallest absolute Gasteiger partial charge is 0.0361 e. The lowest BCUT2D eigenvalue weighted by Gasteiger charge is -2.02. The molecule has 0 bridgehead atoms. The Morgan fingerprint density at radius 3 is 2.26 bits per heavy atom. The molecule has 0 fully saturated rings. The molecule has 23 heavy (non-hydrogen) atoms. The van der Waals surface area contributed by atoms with E-state index in [0.29, 0.717) is 0 Å². The fourth-order valence-electron chi connectivity index (χ4n) is 3.36. The lowest BCUT2D eigenvalue weighted by atomic mass is 10.0. The molecule has 0 unspecified atom stereocenters. The summed E-state index contributed by atoms with van der Waals surface area (Å²) in [5.74, 6) is 0. The lowest BCUT2D eigenvalue weighted by Crippen LogP contribution is -1.77. The Morgan fingerprint density at radius 2 is 1.35 bits per heavy atom. The quantitative estimate of drug-likeness (QED) is 0.317. The predicted octanol–water partition coefficient (Wildman–Crippen LogP) is 6.87. The number of thiophene rings is 1. The molecule has 0 saturated heterocycles. The van der Waals surface area contributed by atoms with Crippen LogP contribution in [-0.2, 0) is 0 Å². The van der Waals surface area contributed by atoms with Crippen LogP contribution in [0.3, 0.4) is 0 Å². The normalized spacial score (nSPS) is 11.5. The van der Waals surface area contributed by atoms with E-state index >= 15 is 0 Å². The molecule has 0 nitrogen and oxygen atoms in total. The van der Waals surface area contributed by atoms with E-state index in [0.717, 1.165) is 0 Å². The van der Waals surface area contributed by atoms with Crippen molar-refractivity contribution in [3.63, 3.8) is 0 Å². The number of hydrogen-bond donors (Lipinski definition) is 0. The van der Waals surface area contributed by atoms with Gasteiger partial charge in [0, 0.05) is 20.2 Å². The summed E-state index contributed by atoms with van der Waals surface area (Å²) in [5.41, 5.74) is 2.56. The van der Waals surface area contributed by atoms with Gasteiger partial charge < -0.3 is 0 Å². The third-order valence-electron chi connectivity index (χ3n) is 4.47. The topological polar surface area (TPSA) is 0 Å². The van der Waals surface area contributed by atoms with Crippen LogP contribution in [0, 0.1) is 0 Å². The van der Waals surface area contributed by atoms with Gasteiger partial charge in [-0.05, 0) is 34.0 Å². The fourth-order valence-corrected chi connectivity index (χ4v) is 4.52. The molecule has 0 saturated carbocycles. The molecule has 0 aliphatic rings. The monoisotopic (exact) mass is 310 g/mol. The standard InChI is InChI=1S/C22H14S/c1-2-6-15(7-3-1)17-10-12-19-21(14-17)23-20-13-11-16-8-4-5-9-18(16)22(19)20/h1-14H. The van der Waals surface area contributed by atoms with Crippen LogP contribution in [-0.4, -0.2) is 0 Å². The Morgan fingerprint density at radius 1 is 0.522 bits per heavy atom. The van der Waals surface area contributed by atoms with Crippen LogP contribution < -0.4 is 0 Å². The Hall–Kier alpha value is -2.64. The summed E-state index contributed by atoms with van der Waals surface area (Å²) in [4.78, 5) is 0. The average molecular weight is 310 g/mol. The maximum Gasteiger partial charge on any atom is 0.0361 e. The maximum atomic E-state index is 2.32. The van der Waals surface area contributed by atoms with Crippen molar-refractivity contribution in [1.29, 1.82) is 0 Å². The van der Waals surface area contributed by atoms with Gasteiger partial charge in [0.05, 0.1) is 0 Å². The molecular formula is C22H14S. The van der Waals surface area contributed by atoms with E-state index in [2.05, 4.69) is 84.9 Å². The van der Waals surface area contributed by atoms with Gasteiger partial charge in [0.15, 0.2) is 0 Å². The molecule has 5 aromatic rings. The minimum atomic E-state index is 1.27. The summed E-state index contributed by atoms with van der Waals surface area (Å²) >= 11 is 1.89. The number of fused-ring (bicyclic) bond motifs is 5. The van der Waals surface area contributed by atoms with Crippen molar-refractivity contribution >= 4 is 42.3 Å². The Balaban J connectivity index is 1.85. The maximum absolute atomic E-state index is 2.32. The molecule has 0 atom stereocenters. The van der Waals surface area contributed by atoms with E-state index in [1.165, 1.54) is 42.1 Å². The van der Waals surface area contributed by atoms with Crippen molar-refractivity contribution in [1.82, 2.24) is 0 Å². The van der Waals surface area contributed by atoms with Crippen molar-refractivity contribution in [3.8, 4) is 11.1 Å². The van der Waals surface area contributed by atoms with Gasteiger partial charge in [-0.2, -0.15) is 0 Å². The van der Waals surface area contributed by atoms with E-state index in [1.807, 2.05) is 11.3 Å². The molecular weight excluding hydrogens is 296 g/mol. The second kappa shape index (κ2) is 4.94. The Kier molecular flexibility index (Phi) is 2.76. The minimum absolute atomic E-state index is 1.27. The SMILES string of the molecule is c1ccc(-c2ccc3c(c2)sc2ccc4ccccc4c23)cc1. The number of rotatable bonds is 1. The predicted molar refractivity (Wildman–Crippen MR) is 102 cm³/mol. The molecule has 1 heterocycles. The first-order chi connectivity index (χ1) is 11.4. The van der Waals surface area contributed by atoms with Gasteiger partial charge in [0.25, 0.3) is 0 Å². The summed E-state index contributed by atoms with van der Waals surface area (Å²) in [6.45, 7) is 0. The van der Waals surface area contributed by atoms with Gasteiger partial charge in [-0.15, -0.1) is 11.3 Å². The van der Waals surface area contributed by atoms with E-state index in [1.54, 1.807) is 0 Å². The second-order valence-electron chi connectivity index (χ2n) is 5.84. The summed E-state index contributed by atoms with van der Waals surface area (Å²) in [7, 11) is 0. The van der Waals surface area contributed by atoms with Gasteiger partial charge in [0.1, 0.15) is 0 Å². The molecule has 1 heteroatoms. The molecule has 108 valence electrons. The van der Waals surface area contributed by atoms with Crippen LogP contribution in [0.2, 0.25) is 0 Å². The van der Waals surface area contributed by atoms with Crippen LogP contribution in [0.1, 0.15) is 0 Å². The summed E-state index contributed by atoms with van der Waals surface area (Å²) in [6, 6.07) is 30.6. The van der Waals surface area contributed by atoms with Crippen molar-refractivity contribution in [3.05, 3.63) is 84.9 Å². The molecule has 0 spiro atoms. The molecule has 5 rings (SSSR count). The lowest BCUT2D eigenvalue weighted by molar-refractivity contribution is 1.66. The average Bonchev–Trinajstić information content (AvgIpc) is 3.00. The minimum Gasteiger partial charge on any atom is -0.135 e. The first kappa shape index (κ1) is 12.9. The molecule has 4 aromatic carbocycles. The second-order valence-corrected chi connectivity index (χ2v) is 6.92. The van der Waals surface area contributed by atoms with Crippen molar-refractivity contribution in [2.45, 2.75) is 0 Å². The zero-order valence-corrected chi connectivity index (χ0v) is 13.3. The van der Waals surface area contributed by atoms with Gasteiger partial charge in [-0.1, -0.05) is 72.8 Å². The molecule has 0 aliphatic carbocycles. The first-order valence-electron chi connectivity index (χ1n) is 7.79. The van der Waals surface area contributed by atoms with E-state index in [4.69, 9.17) is 0 Å². The number of benzene rings is 4. The molecule has 0 radical (unpaired) electrons. The third-order valence-corrected chi connectivity index (χ3v) is 5.59. The van der Waals surface area contributed by atoms with E-state index < -0.39 is 0 Å². The Labute approximate surface area is 138 Å². The van der Waals surface area contributed by atoms with Crippen LogP contribution in [0.15, 0.2) is 84.9 Å².